The normalized spacial score (nSPS) is 17.0. The monoisotopic (exact) mass is 697 g/mol. The maximum absolute atomic E-state index is 13.1. The molecule has 0 atom stereocenters. The first-order chi connectivity index (χ1) is 23.0. The van der Waals surface area contributed by atoms with E-state index in [0.717, 1.165) is 43.4 Å². The van der Waals surface area contributed by atoms with Crippen LogP contribution in [0.1, 0.15) is 68.1 Å². The first-order valence-corrected chi connectivity index (χ1v) is 16.1. The number of hydrogen-bond acceptors (Lipinski definition) is 7. The zero-order valence-corrected chi connectivity index (χ0v) is 28.2. The predicted molar refractivity (Wildman–Crippen MR) is 179 cm³/mol. The standard InChI is InChI=1S/C17H17ClFN3O2.C9H5ClN2O.C8H13FN2/c1-11-13(5-4-12(10-20)14(11)18)22-15(23)17(6-2-3-7-17)21(9-8-19)16(22)24;1-6-7(11-2)3-4-8(9(6)10)12-5-13;9-5-6-11-8(7-10)3-1-2-4-8/h4-5H,2-3,6-9H2,1H3;3-4H,1H3;11H,1-6H2. The molecule has 1 saturated heterocycles. The van der Waals surface area contributed by atoms with Gasteiger partial charge in [0.05, 0.1) is 46.2 Å². The van der Waals surface area contributed by atoms with E-state index in [4.69, 9.17) is 40.3 Å². The first kappa shape index (κ1) is 38.1. The SMILES string of the molecule is Cc1c(N2C(=O)N(CCF)C3(CCCC3)C2=O)ccc(C#N)c1Cl.N#CC1(NCCF)CCCC1.[C-]#[N+]c1ccc(N=C=O)c(Cl)c1C. The lowest BCUT2D eigenvalue weighted by atomic mass is 9.95. The van der Waals surface area contributed by atoms with Crippen molar-refractivity contribution < 1.29 is 23.2 Å². The second kappa shape index (κ2) is 17.2. The van der Waals surface area contributed by atoms with Gasteiger partial charge in [-0.1, -0.05) is 55.0 Å². The zero-order valence-electron chi connectivity index (χ0n) is 26.7. The van der Waals surface area contributed by atoms with E-state index in [-0.39, 0.29) is 29.7 Å². The fraction of sp³-hybridized carbons (Fsp3) is 0.471. The summed E-state index contributed by atoms with van der Waals surface area (Å²) in [4.78, 5) is 45.0. The van der Waals surface area contributed by atoms with E-state index in [2.05, 4.69) is 21.2 Å². The van der Waals surface area contributed by atoms with E-state index >= 15 is 0 Å². The van der Waals surface area contributed by atoms with Crippen molar-refractivity contribution in [2.24, 2.45) is 4.99 Å². The summed E-state index contributed by atoms with van der Waals surface area (Å²) in [6, 6.07) is 9.84. The summed E-state index contributed by atoms with van der Waals surface area (Å²) in [6.45, 7) is 9.33. The van der Waals surface area contributed by atoms with E-state index < -0.39 is 23.8 Å². The number of carbonyl (C=O) groups excluding carboxylic acids is 3. The number of nitrogens with zero attached hydrogens (tertiary/aromatic N) is 6. The van der Waals surface area contributed by atoms with E-state index in [1.807, 2.05) is 6.07 Å². The van der Waals surface area contributed by atoms with Crippen LogP contribution in [0.25, 0.3) is 4.85 Å². The van der Waals surface area contributed by atoms with Gasteiger partial charge in [-0.05, 0) is 68.9 Å². The molecular weight excluding hydrogens is 663 g/mol. The summed E-state index contributed by atoms with van der Waals surface area (Å²) in [6.07, 6.45) is 8.12. The minimum atomic E-state index is -0.935. The second-order valence-electron chi connectivity index (χ2n) is 11.6. The van der Waals surface area contributed by atoms with E-state index in [1.54, 1.807) is 26.0 Å². The molecule has 2 aliphatic carbocycles. The van der Waals surface area contributed by atoms with Crippen molar-refractivity contribution in [3.05, 3.63) is 62.4 Å². The molecule has 10 nitrogen and oxygen atoms in total. The number of halogens is 4. The maximum Gasteiger partial charge on any atom is 0.332 e. The molecule has 2 aromatic rings. The van der Waals surface area contributed by atoms with Gasteiger partial charge < -0.3 is 4.90 Å². The molecular formula is C34H35Cl2F2N7O3. The Morgan fingerprint density at radius 2 is 1.62 bits per heavy atom. The van der Waals surface area contributed by atoms with Gasteiger partial charge in [-0.25, -0.2) is 28.1 Å². The van der Waals surface area contributed by atoms with Gasteiger partial charge >= 0.3 is 6.03 Å². The number of imide groups is 1. The van der Waals surface area contributed by atoms with Crippen molar-refractivity contribution in [3.8, 4) is 12.1 Å². The van der Waals surface area contributed by atoms with Crippen LogP contribution in [-0.2, 0) is 9.59 Å². The van der Waals surface area contributed by atoms with Crippen molar-refractivity contribution in [2.45, 2.75) is 76.3 Å². The van der Waals surface area contributed by atoms with Crippen LogP contribution in [0, 0.1) is 43.1 Å². The lowest BCUT2D eigenvalue weighted by Gasteiger charge is -2.30. The number of alkyl halides is 2. The van der Waals surface area contributed by atoms with Crippen LogP contribution >= 0.6 is 23.2 Å². The minimum absolute atomic E-state index is 0.0931. The fourth-order valence-corrected chi connectivity index (χ4v) is 6.68. The molecule has 3 aliphatic rings. The zero-order chi connectivity index (χ0) is 35.5. The van der Waals surface area contributed by atoms with Gasteiger partial charge in [0.25, 0.3) is 5.91 Å². The summed E-state index contributed by atoms with van der Waals surface area (Å²) in [5.74, 6) is -0.317. The first-order valence-electron chi connectivity index (χ1n) is 15.4. The van der Waals surface area contributed by atoms with Gasteiger partial charge in [0.15, 0.2) is 5.69 Å². The van der Waals surface area contributed by atoms with Crippen molar-refractivity contribution in [2.75, 3.05) is 31.3 Å². The molecule has 2 saturated carbocycles. The molecule has 3 fully saturated rings. The van der Waals surface area contributed by atoms with Crippen LogP contribution < -0.4 is 10.2 Å². The highest BCUT2D eigenvalue weighted by Crippen LogP contribution is 2.44. The van der Waals surface area contributed by atoms with Gasteiger partial charge in [0.2, 0.25) is 6.08 Å². The molecule has 1 aliphatic heterocycles. The van der Waals surface area contributed by atoms with Gasteiger partial charge in [-0.3, -0.25) is 10.1 Å². The fourth-order valence-electron chi connectivity index (χ4n) is 6.28. The summed E-state index contributed by atoms with van der Waals surface area (Å²) in [7, 11) is 0. The summed E-state index contributed by atoms with van der Waals surface area (Å²) in [5.41, 5.74) is 1.26. The maximum atomic E-state index is 13.1. The van der Waals surface area contributed by atoms with Crippen LogP contribution in [0.3, 0.4) is 0 Å². The van der Waals surface area contributed by atoms with E-state index in [9.17, 15) is 23.2 Å². The largest absolute Gasteiger partial charge is 0.332 e. The average molecular weight is 699 g/mol. The third kappa shape index (κ3) is 7.84. The highest BCUT2D eigenvalue weighted by atomic mass is 35.5. The molecule has 0 bridgehead atoms. The molecule has 0 aromatic heterocycles. The van der Waals surface area contributed by atoms with Gasteiger partial charge in [0.1, 0.15) is 30.5 Å². The lowest BCUT2D eigenvalue weighted by molar-refractivity contribution is -0.124. The molecule has 14 heteroatoms. The van der Waals surface area contributed by atoms with Crippen molar-refractivity contribution in [1.82, 2.24) is 10.2 Å². The number of nitriles is 2. The van der Waals surface area contributed by atoms with Crippen LogP contribution in [0.15, 0.2) is 29.3 Å². The number of hydrogen-bond donors (Lipinski definition) is 1. The van der Waals surface area contributed by atoms with Gasteiger partial charge in [-0.2, -0.15) is 15.5 Å². The Bertz CT molecular complexity index is 1700. The van der Waals surface area contributed by atoms with Crippen LogP contribution in [0.5, 0.6) is 0 Å². The molecule has 48 heavy (non-hydrogen) atoms. The molecule has 3 amide bonds. The number of rotatable bonds is 7. The average Bonchev–Trinajstić information content (AvgIpc) is 3.83. The third-order valence-electron chi connectivity index (χ3n) is 8.85. The van der Waals surface area contributed by atoms with Crippen LogP contribution in [0.4, 0.5) is 30.6 Å². The summed E-state index contributed by atoms with van der Waals surface area (Å²) < 4.78 is 24.8. The number of aliphatic imine (C=N–C) groups is 1. The number of anilines is 1. The predicted octanol–water partition coefficient (Wildman–Crippen LogP) is 8.12. The van der Waals surface area contributed by atoms with Crippen molar-refractivity contribution >= 4 is 58.3 Å². The minimum Gasteiger partial charge on any atom is -0.307 e. The third-order valence-corrected chi connectivity index (χ3v) is 9.82. The summed E-state index contributed by atoms with van der Waals surface area (Å²) >= 11 is 12.0. The molecule has 5 rings (SSSR count). The van der Waals surface area contributed by atoms with Crippen molar-refractivity contribution in [1.29, 1.82) is 10.5 Å². The number of nitrogens with one attached hydrogen (secondary N) is 1. The molecule has 1 spiro atoms. The van der Waals surface area contributed by atoms with Crippen molar-refractivity contribution in [3.63, 3.8) is 0 Å². The number of carbonyl (C=O) groups is 2. The Balaban J connectivity index is 0.000000219. The van der Waals surface area contributed by atoms with E-state index in [0.29, 0.717) is 52.6 Å². The summed E-state index contributed by atoms with van der Waals surface area (Å²) in [5, 5.41) is 21.4. The molecule has 2 aromatic carbocycles. The van der Waals surface area contributed by atoms with E-state index in [1.165, 1.54) is 23.1 Å². The number of urea groups is 1. The van der Waals surface area contributed by atoms with Crippen LogP contribution in [0.2, 0.25) is 10.0 Å². The highest BCUT2D eigenvalue weighted by Gasteiger charge is 2.58. The Labute approximate surface area is 288 Å². The Hall–Kier alpha value is -4.37. The molecule has 0 unspecified atom stereocenters. The number of amides is 3. The molecule has 1 N–H and O–H groups in total. The Kier molecular flexibility index (Phi) is 13.6. The van der Waals surface area contributed by atoms with Gasteiger partial charge in [0, 0.05) is 6.54 Å². The number of benzene rings is 2. The van der Waals surface area contributed by atoms with Gasteiger partial charge in [-0.15, -0.1) is 0 Å². The topological polar surface area (TPSA) is 134 Å². The molecule has 1 heterocycles. The Morgan fingerprint density at radius 3 is 2.17 bits per heavy atom. The Morgan fingerprint density at radius 1 is 0.979 bits per heavy atom. The quantitative estimate of drug-likeness (QED) is 0.134. The second-order valence-corrected chi connectivity index (χ2v) is 12.3. The van der Waals surface area contributed by atoms with Crippen LogP contribution in [-0.4, -0.2) is 60.4 Å². The molecule has 252 valence electrons. The number of isocyanates is 1. The smallest absolute Gasteiger partial charge is 0.307 e. The highest BCUT2D eigenvalue weighted by molar-refractivity contribution is 6.34. The lowest BCUT2D eigenvalue weighted by Crippen LogP contribution is -2.48. The molecule has 0 radical (unpaired) electrons.